The van der Waals surface area contributed by atoms with E-state index in [4.69, 9.17) is 4.74 Å². The molecule has 3 nitrogen and oxygen atoms in total. The minimum atomic E-state index is -0.242. The van der Waals surface area contributed by atoms with Gasteiger partial charge in [0.15, 0.2) is 0 Å². The van der Waals surface area contributed by atoms with E-state index in [9.17, 15) is 4.79 Å². The molecule has 1 rings (SSSR count). The Morgan fingerprint density at radius 1 is 1.58 bits per heavy atom. The summed E-state index contributed by atoms with van der Waals surface area (Å²) in [6.45, 7) is 6.12. The van der Waals surface area contributed by atoms with Crippen molar-refractivity contribution in [1.29, 1.82) is 0 Å². The minimum absolute atomic E-state index is 0.0466. The fraction of sp³-hybridized carbons (Fsp3) is 0.889. The third-order valence-electron chi connectivity index (χ3n) is 2.25. The highest BCUT2D eigenvalue weighted by molar-refractivity contribution is 5.78. The summed E-state index contributed by atoms with van der Waals surface area (Å²) in [6, 6.07) is 0. The van der Waals surface area contributed by atoms with Crippen molar-refractivity contribution in [3.8, 4) is 0 Å². The summed E-state index contributed by atoms with van der Waals surface area (Å²) < 4.78 is 5.11. The fourth-order valence-electron chi connectivity index (χ4n) is 1.13. The largest absolute Gasteiger partial charge is 0.465 e. The van der Waals surface area contributed by atoms with Gasteiger partial charge in [-0.05, 0) is 13.3 Å². The molecule has 1 fully saturated rings. The molecular formula is C9H17NO2. The van der Waals surface area contributed by atoms with Gasteiger partial charge in [0.2, 0.25) is 0 Å². The number of ether oxygens (including phenoxy) is 1. The molecule has 1 heterocycles. The third kappa shape index (κ3) is 1.97. The van der Waals surface area contributed by atoms with Crippen molar-refractivity contribution in [3.63, 3.8) is 0 Å². The maximum atomic E-state index is 11.4. The molecule has 0 bridgehead atoms. The van der Waals surface area contributed by atoms with Gasteiger partial charge in [0.1, 0.15) is 0 Å². The molecule has 0 spiro atoms. The van der Waals surface area contributed by atoms with Crippen LogP contribution in [0.25, 0.3) is 0 Å². The zero-order chi connectivity index (χ0) is 9.03. The SMILES string of the molecule is CCCCOC(=O)C1(C)CNC1. The highest BCUT2D eigenvalue weighted by atomic mass is 16.5. The van der Waals surface area contributed by atoms with Crippen LogP contribution in [-0.4, -0.2) is 25.7 Å². The Labute approximate surface area is 73.5 Å². The topological polar surface area (TPSA) is 38.3 Å². The van der Waals surface area contributed by atoms with Crippen molar-refractivity contribution < 1.29 is 9.53 Å². The van der Waals surface area contributed by atoms with Crippen LogP contribution in [0.5, 0.6) is 0 Å². The van der Waals surface area contributed by atoms with Gasteiger partial charge in [-0.15, -0.1) is 0 Å². The lowest BCUT2D eigenvalue weighted by Crippen LogP contribution is -2.56. The molecule has 0 unspecified atom stereocenters. The van der Waals surface area contributed by atoms with Gasteiger partial charge in [-0.25, -0.2) is 0 Å². The second-order valence-electron chi connectivity index (χ2n) is 3.65. The number of hydrogen-bond acceptors (Lipinski definition) is 3. The van der Waals surface area contributed by atoms with Crippen LogP contribution in [0.1, 0.15) is 26.7 Å². The Bertz CT molecular complexity index is 164. The lowest BCUT2D eigenvalue weighted by Gasteiger charge is -2.36. The van der Waals surface area contributed by atoms with Crippen LogP contribution in [0, 0.1) is 5.41 Å². The Morgan fingerprint density at radius 3 is 2.67 bits per heavy atom. The van der Waals surface area contributed by atoms with Crippen molar-refractivity contribution in [3.05, 3.63) is 0 Å². The summed E-state index contributed by atoms with van der Waals surface area (Å²) in [5, 5.41) is 3.07. The van der Waals surface area contributed by atoms with Crippen LogP contribution in [0.4, 0.5) is 0 Å². The van der Waals surface area contributed by atoms with E-state index >= 15 is 0 Å². The van der Waals surface area contributed by atoms with E-state index in [-0.39, 0.29) is 11.4 Å². The minimum Gasteiger partial charge on any atom is -0.465 e. The van der Waals surface area contributed by atoms with E-state index in [1.165, 1.54) is 0 Å². The highest BCUT2D eigenvalue weighted by Crippen LogP contribution is 2.22. The first kappa shape index (κ1) is 9.52. The molecule has 1 N–H and O–H groups in total. The Balaban J connectivity index is 2.19. The molecule has 1 aliphatic rings. The zero-order valence-electron chi connectivity index (χ0n) is 7.85. The number of esters is 1. The molecule has 0 aliphatic carbocycles. The summed E-state index contributed by atoms with van der Waals surface area (Å²) in [5.41, 5.74) is -0.242. The Kier molecular flexibility index (Phi) is 3.09. The zero-order valence-corrected chi connectivity index (χ0v) is 7.85. The second kappa shape index (κ2) is 3.90. The molecule has 12 heavy (non-hydrogen) atoms. The molecule has 0 amide bonds. The summed E-state index contributed by atoms with van der Waals surface area (Å²) in [4.78, 5) is 11.4. The van der Waals surface area contributed by atoms with Gasteiger partial charge in [-0.3, -0.25) is 4.79 Å². The van der Waals surface area contributed by atoms with Crippen LogP contribution in [0.3, 0.4) is 0 Å². The van der Waals surface area contributed by atoms with Gasteiger partial charge in [0.05, 0.1) is 12.0 Å². The normalized spacial score (nSPS) is 19.8. The molecule has 0 radical (unpaired) electrons. The molecule has 0 aromatic carbocycles. The molecular weight excluding hydrogens is 154 g/mol. The lowest BCUT2D eigenvalue weighted by atomic mass is 9.84. The molecule has 0 aromatic heterocycles. The van der Waals surface area contributed by atoms with Crippen molar-refractivity contribution in [2.45, 2.75) is 26.7 Å². The van der Waals surface area contributed by atoms with Crippen LogP contribution < -0.4 is 5.32 Å². The lowest BCUT2D eigenvalue weighted by molar-refractivity contribution is -0.158. The average molecular weight is 171 g/mol. The van der Waals surface area contributed by atoms with Gasteiger partial charge < -0.3 is 10.1 Å². The number of unbranched alkanes of at least 4 members (excludes halogenated alkanes) is 1. The second-order valence-corrected chi connectivity index (χ2v) is 3.65. The van der Waals surface area contributed by atoms with Gasteiger partial charge in [0.25, 0.3) is 0 Å². The van der Waals surface area contributed by atoms with Crippen LogP contribution in [-0.2, 0) is 9.53 Å². The van der Waals surface area contributed by atoms with Gasteiger partial charge >= 0.3 is 5.97 Å². The maximum Gasteiger partial charge on any atom is 0.314 e. The van der Waals surface area contributed by atoms with Crippen molar-refractivity contribution in [1.82, 2.24) is 5.32 Å². The van der Waals surface area contributed by atoms with Crippen molar-refractivity contribution in [2.75, 3.05) is 19.7 Å². The highest BCUT2D eigenvalue weighted by Gasteiger charge is 2.40. The monoisotopic (exact) mass is 171 g/mol. The number of nitrogens with one attached hydrogen (secondary N) is 1. The summed E-state index contributed by atoms with van der Waals surface area (Å²) >= 11 is 0. The number of hydrogen-bond donors (Lipinski definition) is 1. The van der Waals surface area contributed by atoms with Gasteiger partial charge in [0, 0.05) is 13.1 Å². The van der Waals surface area contributed by atoms with Crippen LogP contribution in [0.15, 0.2) is 0 Å². The predicted molar refractivity (Wildman–Crippen MR) is 46.8 cm³/mol. The summed E-state index contributed by atoms with van der Waals surface area (Å²) in [5.74, 6) is -0.0466. The summed E-state index contributed by atoms with van der Waals surface area (Å²) in [7, 11) is 0. The Hall–Kier alpha value is -0.570. The average Bonchev–Trinajstić information content (AvgIpc) is 2.00. The summed E-state index contributed by atoms with van der Waals surface area (Å²) in [6.07, 6.45) is 2.04. The standard InChI is InChI=1S/C9H17NO2/c1-3-4-5-12-8(11)9(2)6-10-7-9/h10H,3-7H2,1-2H3. The van der Waals surface area contributed by atoms with Crippen LogP contribution in [0.2, 0.25) is 0 Å². The molecule has 0 aromatic rings. The molecule has 70 valence electrons. The number of carbonyl (C=O) groups is 1. The first-order valence-electron chi connectivity index (χ1n) is 4.57. The smallest absolute Gasteiger partial charge is 0.314 e. The molecule has 1 saturated heterocycles. The van der Waals surface area contributed by atoms with E-state index in [2.05, 4.69) is 12.2 Å². The van der Waals surface area contributed by atoms with E-state index in [0.717, 1.165) is 25.9 Å². The molecule has 0 atom stereocenters. The van der Waals surface area contributed by atoms with E-state index < -0.39 is 0 Å². The first-order chi connectivity index (χ1) is 5.69. The van der Waals surface area contributed by atoms with E-state index in [1.807, 2.05) is 6.92 Å². The van der Waals surface area contributed by atoms with E-state index in [0.29, 0.717) is 6.61 Å². The molecule has 3 heteroatoms. The van der Waals surface area contributed by atoms with Crippen LogP contribution >= 0.6 is 0 Å². The van der Waals surface area contributed by atoms with Crippen molar-refractivity contribution >= 4 is 5.97 Å². The van der Waals surface area contributed by atoms with E-state index in [1.54, 1.807) is 0 Å². The molecule has 1 aliphatic heterocycles. The van der Waals surface area contributed by atoms with Crippen molar-refractivity contribution in [2.24, 2.45) is 5.41 Å². The maximum absolute atomic E-state index is 11.4. The predicted octanol–water partition coefficient (Wildman–Crippen LogP) is 0.939. The third-order valence-corrected chi connectivity index (χ3v) is 2.25. The molecule has 0 saturated carbocycles. The number of carbonyl (C=O) groups excluding carboxylic acids is 1. The van der Waals surface area contributed by atoms with Gasteiger partial charge in [-0.1, -0.05) is 13.3 Å². The van der Waals surface area contributed by atoms with Gasteiger partial charge in [-0.2, -0.15) is 0 Å². The first-order valence-corrected chi connectivity index (χ1v) is 4.57. The Morgan fingerprint density at radius 2 is 2.25 bits per heavy atom. The number of rotatable bonds is 4. The fourth-order valence-corrected chi connectivity index (χ4v) is 1.13. The quantitative estimate of drug-likeness (QED) is 0.505.